The lowest BCUT2D eigenvalue weighted by atomic mass is 10.2. The summed E-state index contributed by atoms with van der Waals surface area (Å²) in [6.07, 6.45) is 4.74. The number of imidazole rings is 1. The van der Waals surface area contributed by atoms with Gasteiger partial charge in [-0.25, -0.2) is 4.98 Å². The van der Waals surface area contributed by atoms with Gasteiger partial charge in [-0.05, 0) is 43.7 Å². The van der Waals surface area contributed by atoms with E-state index in [9.17, 15) is 4.79 Å². The Kier molecular flexibility index (Phi) is 4.79. The number of rotatable bonds is 6. The van der Waals surface area contributed by atoms with Gasteiger partial charge in [0.1, 0.15) is 11.4 Å². The number of hydrogen-bond acceptors (Lipinski definition) is 3. The average Bonchev–Trinajstić information content (AvgIpc) is 2.97. The summed E-state index contributed by atoms with van der Waals surface area (Å²) in [5, 5.41) is 2.93. The molecule has 2 heterocycles. The number of amides is 1. The summed E-state index contributed by atoms with van der Waals surface area (Å²) in [6.45, 7) is 5.10. The number of carbonyl (C=O) groups excluding carboxylic acids is 1. The van der Waals surface area contributed by atoms with Crippen LogP contribution >= 0.6 is 0 Å². The van der Waals surface area contributed by atoms with E-state index < -0.39 is 0 Å². The maximum atomic E-state index is 12.2. The molecular weight excluding hydrogens is 302 g/mol. The van der Waals surface area contributed by atoms with Crippen LogP contribution in [0, 0.1) is 6.92 Å². The van der Waals surface area contributed by atoms with Crippen molar-refractivity contribution < 1.29 is 9.53 Å². The molecule has 0 aliphatic heterocycles. The maximum Gasteiger partial charge on any atom is 0.251 e. The summed E-state index contributed by atoms with van der Waals surface area (Å²) in [4.78, 5) is 16.8. The topological polar surface area (TPSA) is 55.6 Å². The highest BCUT2D eigenvalue weighted by Gasteiger charge is 2.07. The number of pyridine rings is 1. The third kappa shape index (κ3) is 3.74. The van der Waals surface area contributed by atoms with Crippen molar-refractivity contribution in [2.75, 3.05) is 13.2 Å². The normalized spacial score (nSPS) is 10.8. The monoisotopic (exact) mass is 323 g/mol. The summed E-state index contributed by atoms with van der Waals surface area (Å²) < 4.78 is 7.43. The first-order valence-electron chi connectivity index (χ1n) is 8.11. The third-order valence-corrected chi connectivity index (χ3v) is 3.72. The first kappa shape index (κ1) is 16.1. The zero-order chi connectivity index (χ0) is 16.9. The molecule has 5 nitrogen and oxygen atoms in total. The number of aromatic nitrogens is 2. The molecule has 0 aliphatic carbocycles. The van der Waals surface area contributed by atoms with Crippen molar-refractivity contribution >= 4 is 11.6 Å². The van der Waals surface area contributed by atoms with Crippen LogP contribution in [0.1, 0.15) is 28.5 Å². The number of ether oxygens (including phenoxy) is 1. The number of nitrogens with one attached hydrogen (secondary N) is 1. The van der Waals surface area contributed by atoms with Gasteiger partial charge in [-0.15, -0.1) is 0 Å². The average molecular weight is 323 g/mol. The zero-order valence-electron chi connectivity index (χ0n) is 14.0. The molecule has 0 fully saturated rings. The molecule has 124 valence electrons. The molecule has 3 aromatic rings. The SMILES string of the molecule is CCOc1cccc(C(=O)NCCc2cn3cc(C)ccc3n2)c1. The Morgan fingerprint density at radius 1 is 1.25 bits per heavy atom. The lowest BCUT2D eigenvalue weighted by Crippen LogP contribution is -2.25. The molecule has 1 N–H and O–H groups in total. The second-order valence-corrected chi connectivity index (χ2v) is 5.67. The minimum atomic E-state index is -0.101. The Bertz CT molecular complexity index is 855. The van der Waals surface area contributed by atoms with Crippen LogP contribution in [0.15, 0.2) is 48.8 Å². The van der Waals surface area contributed by atoms with Gasteiger partial charge in [0.05, 0.1) is 12.3 Å². The predicted octanol–water partition coefficient (Wildman–Crippen LogP) is 3.01. The maximum absolute atomic E-state index is 12.2. The van der Waals surface area contributed by atoms with Crippen molar-refractivity contribution in [1.82, 2.24) is 14.7 Å². The highest BCUT2D eigenvalue weighted by molar-refractivity contribution is 5.94. The van der Waals surface area contributed by atoms with Gasteiger partial charge >= 0.3 is 0 Å². The molecule has 0 spiro atoms. The van der Waals surface area contributed by atoms with Crippen LogP contribution in [0.2, 0.25) is 0 Å². The van der Waals surface area contributed by atoms with Gasteiger partial charge in [-0.1, -0.05) is 12.1 Å². The summed E-state index contributed by atoms with van der Waals surface area (Å²) in [7, 11) is 0. The van der Waals surface area contributed by atoms with E-state index in [2.05, 4.69) is 17.2 Å². The van der Waals surface area contributed by atoms with Crippen molar-refractivity contribution in [3.05, 3.63) is 65.6 Å². The standard InChI is InChI=1S/C19H21N3O2/c1-3-24-17-6-4-5-15(11-17)19(23)20-10-9-16-13-22-12-14(2)7-8-18(22)21-16/h4-8,11-13H,3,9-10H2,1-2H3,(H,20,23). The number of benzene rings is 1. The largest absolute Gasteiger partial charge is 0.494 e. The molecular formula is C19H21N3O2. The highest BCUT2D eigenvalue weighted by Crippen LogP contribution is 2.13. The van der Waals surface area contributed by atoms with E-state index in [4.69, 9.17) is 4.74 Å². The van der Waals surface area contributed by atoms with Crippen LogP contribution in [0.25, 0.3) is 5.65 Å². The zero-order valence-corrected chi connectivity index (χ0v) is 14.0. The molecule has 0 saturated carbocycles. The van der Waals surface area contributed by atoms with E-state index >= 15 is 0 Å². The molecule has 1 aromatic carbocycles. The molecule has 0 radical (unpaired) electrons. The first-order valence-corrected chi connectivity index (χ1v) is 8.11. The summed E-state index contributed by atoms with van der Waals surface area (Å²) in [5.74, 6) is 0.608. The second-order valence-electron chi connectivity index (χ2n) is 5.67. The summed E-state index contributed by atoms with van der Waals surface area (Å²) in [6, 6.07) is 11.2. The predicted molar refractivity (Wildman–Crippen MR) is 93.6 cm³/mol. The minimum Gasteiger partial charge on any atom is -0.494 e. The van der Waals surface area contributed by atoms with Crippen LogP contribution in [0.5, 0.6) is 5.75 Å². The Hall–Kier alpha value is -2.82. The van der Waals surface area contributed by atoms with Crippen molar-refractivity contribution in [2.45, 2.75) is 20.3 Å². The molecule has 3 rings (SSSR count). The van der Waals surface area contributed by atoms with Crippen LogP contribution in [-0.4, -0.2) is 28.4 Å². The van der Waals surface area contributed by atoms with Gasteiger partial charge < -0.3 is 14.5 Å². The summed E-state index contributed by atoms with van der Waals surface area (Å²) >= 11 is 0. The van der Waals surface area contributed by atoms with Gasteiger partial charge in [0.15, 0.2) is 0 Å². The number of fused-ring (bicyclic) bond motifs is 1. The minimum absolute atomic E-state index is 0.101. The van der Waals surface area contributed by atoms with Crippen LogP contribution in [0.3, 0.4) is 0 Å². The van der Waals surface area contributed by atoms with E-state index in [-0.39, 0.29) is 5.91 Å². The van der Waals surface area contributed by atoms with E-state index in [1.165, 1.54) is 5.56 Å². The molecule has 2 aromatic heterocycles. The third-order valence-electron chi connectivity index (χ3n) is 3.72. The Balaban J connectivity index is 1.58. The Morgan fingerprint density at radius 3 is 2.96 bits per heavy atom. The first-order chi connectivity index (χ1) is 11.7. The van der Waals surface area contributed by atoms with E-state index in [1.807, 2.05) is 48.0 Å². The second kappa shape index (κ2) is 7.17. The molecule has 1 amide bonds. The Labute approximate surface area is 141 Å². The number of carbonyl (C=O) groups is 1. The molecule has 24 heavy (non-hydrogen) atoms. The fourth-order valence-corrected chi connectivity index (χ4v) is 2.58. The van der Waals surface area contributed by atoms with Crippen molar-refractivity contribution in [3.8, 4) is 5.75 Å². The highest BCUT2D eigenvalue weighted by atomic mass is 16.5. The number of aryl methyl sites for hydroxylation is 1. The van der Waals surface area contributed by atoms with E-state index in [0.717, 1.165) is 11.3 Å². The molecule has 0 unspecified atom stereocenters. The molecule has 0 atom stereocenters. The number of hydrogen-bond donors (Lipinski definition) is 1. The van der Waals surface area contributed by atoms with Crippen LogP contribution in [0.4, 0.5) is 0 Å². The molecule has 0 saturated heterocycles. The molecule has 5 heteroatoms. The van der Waals surface area contributed by atoms with Gasteiger partial charge in [0.25, 0.3) is 5.91 Å². The van der Waals surface area contributed by atoms with Gasteiger partial charge in [-0.2, -0.15) is 0 Å². The van der Waals surface area contributed by atoms with Gasteiger partial charge in [-0.3, -0.25) is 4.79 Å². The quantitative estimate of drug-likeness (QED) is 0.758. The van der Waals surface area contributed by atoms with Crippen LogP contribution < -0.4 is 10.1 Å². The lowest BCUT2D eigenvalue weighted by Gasteiger charge is -2.07. The molecule has 0 bridgehead atoms. The smallest absolute Gasteiger partial charge is 0.251 e. The van der Waals surface area contributed by atoms with Gasteiger partial charge in [0.2, 0.25) is 0 Å². The van der Waals surface area contributed by atoms with Crippen LogP contribution in [-0.2, 0) is 6.42 Å². The fourth-order valence-electron chi connectivity index (χ4n) is 2.58. The van der Waals surface area contributed by atoms with Crippen molar-refractivity contribution in [1.29, 1.82) is 0 Å². The van der Waals surface area contributed by atoms with E-state index in [1.54, 1.807) is 12.1 Å². The Morgan fingerprint density at radius 2 is 2.12 bits per heavy atom. The number of nitrogens with zero attached hydrogens (tertiary/aromatic N) is 2. The van der Waals surface area contributed by atoms with Crippen molar-refractivity contribution in [2.24, 2.45) is 0 Å². The van der Waals surface area contributed by atoms with Crippen molar-refractivity contribution in [3.63, 3.8) is 0 Å². The molecule has 0 aliphatic rings. The van der Waals surface area contributed by atoms with Gasteiger partial charge in [0, 0.05) is 30.9 Å². The fraction of sp³-hybridized carbons (Fsp3) is 0.263. The van der Waals surface area contributed by atoms with E-state index in [0.29, 0.717) is 30.9 Å². The summed E-state index contributed by atoms with van der Waals surface area (Å²) in [5.41, 5.74) is 3.68. The lowest BCUT2D eigenvalue weighted by molar-refractivity contribution is 0.0953.